The number of carboxylic acid groups (broad SMARTS) is 1. The van der Waals surface area contributed by atoms with Crippen LogP contribution in [0.15, 0.2) is 82.3 Å². The molecule has 0 fully saturated rings. The lowest BCUT2D eigenvalue weighted by Crippen LogP contribution is -2.17. The second-order valence-electron chi connectivity index (χ2n) is 7.92. The van der Waals surface area contributed by atoms with E-state index < -0.39 is 18.5 Å². The molecule has 0 aliphatic heterocycles. The second kappa shape index (κ2) is 11.1. The second-order valence-corrected chi connectivity index (χ2v) is 7.92. The molecule has 2 aromatic heterocycles. The van der Waals surface area contributed by atoms with E-state index in [4.69, 9.17) is 19.0 Å². The van der Waals surface area contributed by atoms with Crippen molar-refractivity contribution in [3.63, 3.8) is 0 Å². The Kier molecular flexibility index (Phi) is 7.50. The van der Waals surface area contributed by atoms with Crippen LogP contribution in [0.2, 0.25) is 0 Å². The van der Waals surface area contributed by atoms with E-state index in [0.29, 0.717) is 22.8 Å². The van der Waals surface area contributed by atoms with Gasteiger partial charge in [-0.1, -0.05) is 12.1 Å². The number of rotatable bonds is 10. The van der Waals surface area contributed by atoms with E-state index >= 15 is 0 Å². The molecule has 2 aromatic carbocycles. The van der Waals surface area contributed by atoms with Crippen molar-refractivity contribution in [2.75, 3.05) is 6.61 Å². The SMILES string of the molecule is Cc1ccc(C)n1-c1ccc(OCc2ccc(C(=O)NN=Cc3ccccc3OCC(=O)O)o2)cc1. The smallest absolute Gasteiger partial charge is 0.341 e. The van der Waals surface area contributed by atoms with Crippen LogP contribution in [0.1, 0.15) is 33.3 Å². The van der Waals surface area contributed by atoms with Crippen molar-refractivity contribution in [2.45, 2.75) is 20.5 Å². The van der Waals surface area contributed by atoms with Crippen molar-refractivity contribution < 1.29 is 28.6 Å². The van der Waals surface area contributed by atoms with E-state index in [1.54, 1.807) is 30.3 Å². The van der Waals surface area contributed by atoms with E-state index in [1.165, 1.54) is 12.3 Å². The molecule has 2 heterocycles. The fraction of sp³-hybridized carbons (Fsp3) is 0.148. The highest BCUT2D eigenvalue weighted by Crippen LogP contribution is 2.21. The average molecular weight is 488 g/mol. The Balaban J connectivity index is 1.31. The van der Waals surface area contributed by atoms with Gasteiger partial charge in [0.05, 0.1) is 6.21 Å². The Hall–Kier alpha value is -4.79. The number of carbonyl (C=O) groups excluding carboxylic acids is 1. The summed E-state index contributed by atoms with van der Waals surface area (Å²) < 4.78 is 18.7. The van der Waals surface area contributed by atoms with Gasteiger partial charge in [0.2, 0.25) is 0 Å². The third kappa shape index (κ3) is 6.01. The number of hydrazone groups is 1. The molecule has 0 radical (unpaired) electrons. The molecular formula is C27H25N3O6. The van der Waals surface area contributed by atoms with Gasteiger partial charge in [0.15, 0.2) is 12.4 Å². The largest absolute Gasteiger partial charge is 0.486 e. The molecule has 0 spiro atoms. The Morgan fingerprint density at radius 2 is 1.69 bits per heavy atom. The third-order valence-electron chi connectivity index (χ3n) is 5.27. The summed E-state index contributed by atoms with van der Waals surface area (Å²) in [4.78, 5) is 23.1. The lowest BCUT2D eigenvalue weighted by molar-refractivity contribution is -0.139. The summed E-state index contributed by atoms with van der Waals surface area (Å²) in [5.74, 6) is -0.0539. The molecule has 2 N–H and O–H groups in total. The highest BCUT2D eigenvalue weighted by atomic mass is 16.5. The van der Waals surface area contributed by atoms with Gasteiger partial charge in [-0.2, -0.15) is 5.10 Å². The van der Waals surface area contributed by atoms with Crippen molar-refractivity contribution in [1.29, 1.82) is 0 Å². The van der Waals surface area contributed by atoms with Crippen LogP contribution in [0, 0.1) is 13.8 Å². The lowest BCUT2D eigenvalue weighted by atomic mass is 10.2. The summed E-state index contributed by atoms with van der Waals surface area (Å²) in [6, 6.07) is 21.8. The van der Waals surface area contributed by atoms with Crippen LogP contribution in [-0.2, 0) is 11.4 Å². The molecule has 184 valence electrons. The number of carboxylic acids is 1. The summed E-state index contributed by atoms with van der Waals surface area (Å²) >= 11 is 0. The maximum atomic E-state index is 12.4. The molecule has 0 saturated carbocycles. The van der Waals surface area contributed by atoms with Crippen LogP contribution in [0.5, 0.6) is 11.5 Å². The number of para-hydroxylation sites is 1. The monoisotopic (exact) mass is 487 g/mol. The molecule has 9 heteroatoms. The highest BCUT2D eigenvalue weighted by molar-refractivity contribution is 5.92. The molecular weight excluding hydrogens is 462 g/mol. The Morgan fingerprint density at radius 1 is 0.972 bits per heavy atom. The van der Waals surface area contributed by atoms with Gasteiger partial charge < -0.3 is 23.6 Å². The van der Waals surface area contributed by atoms with Crippen LogP contribution in [0.25, 0.3) is 5.69 Å². The molecule has 0 aliphatic carbocycles. The number of nitrogens with one attached hydrogen (secondary N) is 1. The zero-order chi connectivity index (χ0) is 25.5. The predicted octanol–water partition coefficient (Wildman–Crippen LogP) is 4.49. The van der Waals surface area contributed by atoms with E-state index in [1.807, 2.05) is 24.3 Å². The van der Waals surface area contributed by atoms with Crippen LogP contribution < -0.4 is 14.9 Å². The summed E-state index contributed by atoms with van der Waals surface area (Å²) in [5.41, 5.74) is 6.25. The molecule has 0 aliphatic rings. The number of aryl methyl sites for hydroxylation is 2. The number of benzene rings is 2. The zero-order valence-electron chi connectivity index (χ0n) is 19.8. The van der Waals surface area contributed by atoms with E-state index in [2.05, 4.69) is 41.1 Å². The number of aliphatic carboxylic acids is 1. The zero-order valence-corrected chi connectivity index (χ0v) is 19.8. The topological polar surface area (TPSA) is 115 Å². The van der Waals surface area contributed by atoms with Gasteiger partial charge in [-0.05, 0) is 74.5 Å². The standard InChI is InChI=1S/C27H25N3O6/c1-18-7-8-19(2)30(18)21-9-11-22(12-10-21)34-16-23-13-14-25(36-23)27(33)29-28-15-20-5-3-4-6-24(20)35-17-26(31)32/h3-15H,16-17H2,1-2H3,(H,29,33)(H,31,32). The summed E-state index contributed by atoms with van der Waals surface area (Å²) in [6.45, 7) is 3.79. The molecule has 0 saturated heterocycles. The molecule has 9 nitrogen and oxygen atoms in total. The van der Waals surface area contributed by atoms with Crippen LogP contribution in [0.3, 0.4) is 0 Å². The van der Waals surface area contributed by atoms with Crippen molar-refractivity contribution in [3.05, 3.63) is 101 Å². The normalized spacial score (nSPS) is 10.9. The first-order valence-corrected chi connectivity index (χ1v) is 11.1. The van der Waals surface area contributed by atoms with Gasteiger partial charge in [-0.3, -0.25) is 4.79 Å². The van der Waals surface area contributed by atoms with E-state index in [9.17, 15) is 9.59 Å². The first kappa shape index (κ1) is 24.3. The minimum Gasteiger partial charge on any atom is -0.486 e. The number of aromatic nitrogens is 1. The molecule has 0 unspecified atom stereocenters. The summed E-state index contributed by atoms with van der Waals surface area (Å²) in [7, 11) is 0. The van der Waals surface area contributed by atoms with Gasteiger partial charge in [-0.15, -0.1) is 0 Å². The molecule has 0 atom stereocenters. The van der Waals surface area contributed by atoms with Gasteiger partial charge in [0, 0.05) is 22.6 Å². The summed E-state index contributed by atoms with van der Waals surface area (Å²) in [6.07, 6.45) is 1.36. The first-order chi connectivity index (χ1) is 17.4. The molecule has 0 bridgehead atoms. The van der Waals surface area contributed by atoms with Crippen LogP contribution >= 0.6 is 0 Å². The number of amides is 1. The maximum absolute atomic E-state index is 12.4. The van der Waals surface area contributed by atoms with E-state index in [-0.39, 0.29) is 12.4 Å². The number of hydrogen-bond donors (Lipinski definition) is 2. The van der Waals surface area contributed by atoms with Gasteiger partial charge in [-0.25, -0.2) is 10.2 Å². The van der Waals surface area contributed by atoms with Gasteiger partial charge >= 0.3 is 11.9 Å². The number of carbonyl (C=O) groups is 2. The van der Waals surface area contributed by atoms with Crippen molar-refractivity contribution in [1.82, 2.24) is 9.99 Å². The average Bonchev–Trinajstić information content (AvgIpc) is 3.48. The quantitative estimate of drug-likeness (QED) is 0.252. The molecule has 4 rings (SSSR count). The molecule has 1 amide bonds. The number of furan rings is 1. The number of hydrogen-bond acceptors (Lipinski definition) is 6. The maximum Gasteiger partial charge on any atom is 0.341 e. The highest BCUT2D eigenvalue weighted by Gasteiger charge is 2.12. The van der Waals surface area contributed by atoms with Crippen LogP contribution in [0.4, 0.5) is 0 Å². The van der Waals surface area contributed by atoms with Crippen molar-refractivity contribution in [2.24, 2.45) is 5.10 Å². The fourth-order valence-electron chi connectivity index (χ4n) is 3.57. The Morgan fingerprint density at radius 3 is 2.42 bits per heavy atom. The van der Waals surface area contributed by atoms with Crippen molar-refractivity contribution >= 4 is 18.1 Å². The fourth-order valence-corrected chi connectivity index (χ4v) is 3.57. The Labute approximate surface area is 207 Å². The predicted molar refractivity (Wildman–Crippen MR) is 133 cm³/mol. The van der Waals surface area contributed by atoms with Crippen molar-refractivity contribution in [3.8, 4) is 17.2 Å². The van der Waals surface area contributed by atoms with E-state index in [0.717, 1.165) is 17.1 Å². The number of ether oxygens (including phenoxy) is 2. The third-order valence-corrected chi connectivity index (χ3v) is 5.27. The van der Waals surface area contributed by atoms with Gasteiger partial charge in [0.25, 0.3) is 0 Å². The molecule has 4 aromatic rings. The Bertz CT molecular complexity index is 1370. The van der Waals surface area contributed by atoms with Crippen LogP contribution in [-0.4, -0.2) is 34.4 Å². The minimum atomic E-state index is -1.09. The minimum absolute atomic E-state index is 0.0788. The number of nitrogens with zero attached hydrogens (tertiary/aromatic N) is 2. The summed E-state index contributed by atoms with van der Waals surface area (Å²) in [5, 5.41) is 12.7. The lowest BCUT2D eigenvalue weighted by Gasteiger charge is -2.10. The first-order valence-electron chi connectivity index (χ1n) is 11.1. The molecule has 36 heavy (non-hydrogen) atoms. The van der Waals surface area contributed by atoms with Gasteiger partial charge in [0.1, 0.15) is 23.9 Å².